The predicted octanol–water partition coefficient (Wildman–Crippen LogP) is 1.60. The lowest BCUT2D eigenvalue weighted by molar-refractivity contribution is -0.114. The molecule has 0 saturated carbocycles. The van der Waals surface area contributed by atoms with E-state index in [1.807, 2.05) is 18.2 Å². The lowest BCUT2D eigenvalue weighted by Crippen LogP contribution is -2.19. The standard InChI is InChI=1S/C19H19N5O3/c1-12(25)21-15-6-4-5-14(10-15)18(26)22-20-11-13-7-8-16-17(9-13)24(3)19(27)23(16)2/h4-11H,1-3H3,(H,21,25)(H,22,26). The fraction of sp³-hybridized carbons (Fsp3) is 0.158. The number of rotatable bonds is 4. The summed E-state index contributed by atoms with van der Waals surface area (Å²) in [7, 11) is 3.42. The number of carbonyl (C=O) groups is 2. The van der Waals surface area contributed by atoms with Crippen LogP contribution in [0.15, 0.2) is 52.4 Å². The average molecular weight is 365 g/mol. The molecule has 8 nitrogen and oxygen atoms in total. The van der Waals surface area contributed by atoms with E-state index in [9.17, 15) is 14.4 Å². The van der Waals surface area contributed by atoms with Gasteiger partial charge in [-0.15, -0.1) is 0 Å². The van der Waals surface area contributed by atoms with Crippen LogP contribution in [0.1, 0.15) is 22.8 Å². The molecule has 3 aromatic rings. The number of nitrogens with zero attached hydrogens (tertiary/aromatic N) is 3. The van der Waals surface area contributed by atoms with E-state index < -0.39 is 5.91 Å². The minimum Gasteiger partial charge on any atom is -0.326 e. The van der Waals surface area contributed by atoms with Gasteiger partial charge < -0.3 is 5.32 Å². The van der Waals surface area contributed by atoms with Crippen molar-refractivity contribution in [1.82, 2.24) is 14.6 Å². The molecule has 0 bridgehead atoms. The Kier molecular flexibility index (Phi) is 4.89. The molecule has 0 spiro atoms. The molecule has 3 rings (SSSR count). The normalized spacial score (nSPS) is 11.1. The molecule has 2 N–H and O–H groups in total. The Morgan fingerprint density at radius 2 is 1.78 bits per heavy atom. The average Bonchev–Trinajstić information content (AvgIpc) is 2.85. The van der Waals surface area contributed by atoms with Gasteiger partial charge in [-0.05, 0) is 35.9 Å². The molecule has 0 saturated heterocycles. The largest absolute Gasteiger partial charge is 0.328 e. The third-order valence-corrected chi connectivity index (χ3v) is 4.12. The fourth-order valence-electron chi connectivity index (χ4n) is 2.78. The molecule has 0 aliphatic carbocycles. The topological polar surface area (TPSA) is 97.5 Å². The van der Waals surface area contributed by atoms with Crippen molar-refractivity contribution in [2.24, 2.45) is 19.2 Å². The SMILES string of the molecule is CC(=O)Nc1cccc(C(=O)NN=Cc2ccc3c(c2)n(C)c(=O)n3C)c1. The number of fused-ring (bicyclic) bond motifs is 1. The van der Waals surface area contributed by atoms with Crippen molar-refractivity contribution in [1.29, 1.82) is 0 Å². The molecule has 2 amide bonds. The summed E-state index contributed by atoms with van der Waals surface area (Å²) in [4.78, 5) is 35.3. The van der Waals surface area contributed by atoms with Gasteiger partial charge in [0.1, 0.15) is 0 Å². The first kappa shape index (κ1) is 18.1. The first-order valence-electron chi connectivity index (χ1n) is 8.23. The summed E-state index contributed by atoms with van der Waals surface area (Å²) in [5.74, 6) is -0.608. The number of aryl methyl sites for hydroxylation is 2. The fourth-order valence-corrected chi connectivity index (χ4v) is 2.78. The molecular formula is C19H19N5O3. The summed E-state index contributed by atoms with van der Waals surface area (Å²) in [5, 5.41) is 6.59. The van der Waals surface area contributed by atoms with Crippen molar-refractivity contribution in [3.8, 4) is 0 Å². The Morgan fingerprint density at radius 1 is 1.04 bits per heavy atom. The predicted molar refractivity (Wildman–Crippen MR) is 104 cm³/mol. The van der Waals surface area contributed by atoms with Gasteiger partial charge in [-0.1, -0.05) is 12.1 Å². The van der Waals surface area contributed by atoms with Gasteiger partial charge >= 0.3 is 5.69 Å². The number of anilines is 1. The number of hydrazone groups is 1. The Bertz CT molecular complexity index is 1120. The van der Waals surface area contributed by atoms with E-state index in [1.165, 1.54) is 13.1 Å². The summed E-state index contributed by atoms with van der Waals surface area (Å²) >= 11 is 0. The number of hydrogen-bond acceptors (Lipinski definition) is 4. The Balaban J connectivity index is 1.74. The van der Waals surface area contributed by atoms with Crippen molar-refractivity contribution in [2.75, 3.05) is 5.32 Å². The van der Waals surface area contributed by atoms with Crippen molar-refractivity contribution in [3.63, 3.8) is 0 Å². The maximum absolute atomic E-state index is 12.2. The van der Waals surface area contributed by atoms with Crippen LogP contribution in [0.4, 0.5) is 5.69 Å². The second kappa shape index (κ2) is 7.28. The van der Waals surface area contributed by atoms with E-state index in [0.717, 1.165) is 16.6 Å². The van der Waals surface area contributed by atoms with Crippen LogP contribution in [0.5, 0.6) is 0 Å². The molecular weight excluding hydrogens is 346 g/mol. The van der Waals surface area contributed by atoms with E-state index in [2.05, 4.69) is 15.8 Å². The first-order chi connectivity index (χ1) is 12.9. The quantitative estimate of drug-likeness (QED) is 0.543. The summed E-state index contributed by atoms with van der Waals surface area (Å²) in [6.45, 7) is 1.40. The molecule has 1 aromatic heterocycles. The second-order valence-corrected chi connectivity index (χ2v) is 6.11. The van der Waals surface area contributed by atoms with Crippen molar-refractivity contribution in [2.45, 2.75) is 6.92 Å². The Morgan fingerprint density at radius 3 is 2.52 bits per heavy atom. The molecule has 2 aromatic carbocycles. The van der Waals surface area contributed by atoms with Gasteiger partial charge in [0.05, 0.1) is 17.2 Å². The van der Waals surface area contributed by atoms with E-state index in [0.29, 0.717) is 11.3 Å². The lowest BCUT2D eigenvalue weighted by atomic mass is 10.2. The van der Waals surface area contributed by atoms with Gasteiger partial charge in [0.2, 0.25) is 5.91 Å². The van der Waals surface area contributed by atoms with E-state index >= 15 is 0 Å². The van der Waals surface area contributed by atoms with Crippen LogP contribution in [-0.4, -0.2) is 27.2 Å². The number of benzene rings is 2. The summed E-state index contributed by atoms with van der Waals surface area (Å²) in [6.07, 6.45) is 1.51. The Hall–Kier alpha value is -3.68. The zero-order valence-corrected chi connectivity index (χ0v) is 15.2. The number of imidazole rings is 1. The van der Waals surface area contributed by atoms with Crippen molar-refractivity contribution < 1.29 is 9.59 Å². The number of nitrogens with one attached hydrogen (secondary N) is 2. The number of carbonyl (C=O) groups excluding carboxylic acids is 2. The van der Waals surface area contributed by atoms with E-state index in [4.69, 9.17) is 0 Å². The van der Waals surface area contributed by atoms with Gasteiger partial charge in [0.15, 0.2) is 0 Å². The van der Waals surface area contributed by atoms with Gasteiger partial charge in [0.25, 0.3) is 5.91 Å². The van der Waals surface area contributed by atoms with Gasteiger partial charge in [0, 0.05) is 32.3 Å². The minimum absolute atomic E-state index is 0.105. The van der Waals surface area contributed by atoms with Crippen LogP contribution in [-0.2, 0) is 18.9 Å². The zero-order chi connectivity index (χ0) is 19.6. The maximum Gasteiger partial charge on any atom is 0.328 e. The summed E-state index contributed by atoms with van der Waals surface area (Å²) < 4.78 is 3.12. The zero-order valence-electron chi connectivity index (χ0n) is 15.2. The molecule has 27 heavy (non-hydrogen) atoms. The van der Waals surface area contributed by atoms with Gasteiger partial charge in [-0.2, -0.15) is 5.10 Å². The molecule has 0 aliphatic heterocycles. The highest BCUT2D eigenvalue weighted by atomic mass is 16.2. The highest BCUT2D eigenvalue weighted by Gasteiger charge is 2.08. The van der Waals surface area contributed by atoms with Crippen LogP contribution in [0, 0.1) is 0 Å². The van der Waals surface area contributed by atoms with E-state index in [-0.39, 0.29) is 11.6 Å². The third kappa shape index (κ3) is 3.79. The minimum atomic E-state index is -0.397. The lowest BCUT2D eigenvalue weighted by Gasteiger charge is -2.04. The molecule has 0 aliphatic rings. The summed E-state index contributed by atoms with van der Waals surface area (Å²) in [5.41, 5.74) is 5.60. The van der Waals surface area contributed by atoms with Crippen LogP contribution in [0.3, 0.4) is 0 Å². The Labute approximate surface area is 155 Å². The summed E-state index contributed by atoms with van der Waals surface area (Å²) in [6, 6.07) is 12.0. The second-order valence-electron chi connectivity index (χ2n) is 6.11. The monoisotopic (exact) mass is 365 g/mol. The van der Waals surface area contributed by atoms with Crippen LogP contribution in [0.2, 0.25) is 0 Å². The molecule has 1 heterocycles. The number of hydrogen-bond donors (Lipinski definition) is 2. The highest BCUT2D eigenvalue weighted by molar-refractivity contribution is 5.97. The van der Waals surface area contributed by atoms with Crippen molar-refractivity contribution in [3.05, 3.63) is 64.1 Å². The van der Waals surface area contributed by atoms with E-state index in [1.54, 1.807) is 47.5 Å². The van der Waals surface area contributed by atoms with Crippen LogP contribution in [0.25, 0.3) is 11.0 Å². The molecule has 138 valence electrons. The molecule has 0 atom stereocenters. The smallest absolute Gasteiger partial charge is 0.326 e. The number of amides is 2. The third-order valence-electron chi connectivity index (χ3n) is 4.12. The molecule has 8 heteroatoms. The van der Waals surface area contributed by atoms with Gasteiger partial charge in [-0.25, -0.2) is 10.2 Å². The molecule has 0 unspecified atom stereocenters. The van der Waals surface area contributed by atoms with Crippen molar-refractivity contribution >= 4 is 34.7 Å². The highest BCUT2D eigenvalue weighted by Crippen LogP contribution is 2.13. The van der Waals surface area contributed by atoms with Crippen LogP contribution >= 0.6 is 0 Å². The van der Waals surface area contributed by atoms with Crippen LogP contribution < -0.4 is 16.4 Å². The first-order valence-corrected chi connectivity index (χ1v) is 8.23. The molecule has 0 radical (unpaired) electrons. The van der Waals surface area contributed by atoms with Gasteiger partial charge in [-0.3, -0.25) is 18.7 Å². The maximum atomic E-state index is 12.2. The number of aromatic nitrogens is 2. The molecule has 0 fully saturated rings.